The first kappa shape index (κ1) is 10.9. The molecule has 0 rings (SSSR count). The molecule has 0 aromatic rings. The summed E-state index contributed by atoms with van der Waals surface area (Å²) in [5, 5.41) is 8.64. The molecule has 11 heavy (non-hydrogen) atoms. The monoisotopic (exact) mass is 180 g/mol. The molecule has 1 N–H and O–H groups in total. The van der Waals surface area contributed by atoms with Crippen LogP contribution < -0.4 is 0 Å². The van der Waals surface area contributed by atoms with E-state index in [2.05, 4.69) is 0 Å². The first-order chi connectivity index (χ1) is 4.89. The van der Waals surface area contributed by atoms with Crippen molar-refractivity contribution in [1.82, 2.24) is 0 Å². The van der Waals surface area contributed by atoms with Gasteiger partial charge >= 0.3 is 0 Å². The van der Waals surface area contributed by atoms with Gasteiger partial charge in [-0.05, 0) is 13.3 Å². The van der Waals surface area contributed by atoms with Crippen molar-refractivity contribution in [2.24, 2.45) is 0 Å². The normalized spacial score (nSPS) is 17.8. The zero-order valence-corrected chi connectivity index (χ0v) is 8.06. The highest BCUT2D eigenvalue weighted by Gasteiger charge is 2.22. The van der Waals surface area contributed by atoms with E-state index in [1.807, 2.05) is 6.92 Å². The van der Waals surface area contributed by atoms with Crippen LogP contribution in [0.1, 0.15) is 26.7 Å². The van der Waals surface area contributed by atoms with E-state index in [0.717, 1.165) is 12.7 Å². The Balaban J connectivity index is 4.14. The molecule has 0 aliphatic rings. The molecule has 0 amide bonds. The molecule has 0 saturated heterocycles. The summed E-state index contributed by atoms with van der Waals surface area (Å²) in [6.07, 6.45) is 1.79. The molecule has 0 fully saturated rings. The van der Waals surface area contributed by atoms with E-state index < -0.39 is 21.2 Å². The van der Waals surface area contributed by atoms with Gasteiger partial charge in [0, 0.05) is 6.26 Å². The third-order valence-corrected chi connectivity index (χ3v) is 3.47. The number of hydrogen-bond donors (Lipinski definition) is 1. The van der Waals surface area contributed by atoms with Crippen molar-refractivity contribution in [3.63, 3.8) is 0 Å². The van der Waals surface area contributed by atoms with Gasteiger partial charge in [-0.25, -0.2) is 8.42 Å². The summed E-state index contributed by atoms with van der Waals surface area (Å²) in [4.78, 5) is 0. The minimum Gasteiger partial charge on any atom is -0.392 e. The Bertz CT molecular complexity index is 196. The Morgan fingerprint density at radius 2 is 1.91 bits per heavy atom. The van der Waals surface area contributed by atoms with Crippen LogP contribution in [0.5, 0.6) is 0 Å². The van der Waals surface area contributed by atoms with Crippen LogP contribution in [0, 0.1) is 0 Å². The second-order valence-corrected chi connectivity index (χ2v) is 5.29. The molecule has 3 nitrogen and oxygen atoms in total. The molecule has 2 unspecified atom stereocenters. The van der Waals surface area contributed by atoms with Crippen LogP contribution in [-0.4, -0.2) is 31.1 Å². The third-order valence-electron chi connectivity index (χ3n) is 1.80. The maximum atomic E-state index is 10.9. The van der Waals surface area contributed by atoms with E-state index in [0.29, 0.717) is 6.42 Å². The average Bonchev–Trinajstić information content (AvgIpc) is 1.85. The minimum absolute atomic E-state index is 0.550. The quantitative estimate of drug-likeness (QED) is 0.688. The highest BCUT2D eigenvalue weighted by molar-refractivity contribution is 7.91. The summed E-state index contributed by atoms with van der Waals surface area (Å²) >= 11 is 0. The van der Waals surface area contributed by atoms with Crippen LogP contribution in [0.2, 0.25) is 0 Å². The first-order valence-electron chi connectivity index (χ1n) is 3.76. The fraction of sp³-hybridized carbons (Fsp3) is 1.00. The van der Waals surface area contributed by atoms with E-state index in [-0.39, 0.29) is 0 Å². The highest BCUT2D eigenvalue weighted by Crippen LogP contribution is 2.08. The molecular weight excluding hydrogens is 164 g/mol. The van der Waals surface area contributed by atoms with Gasteiger partial charge in [-0.15, -0.1) is 0 Å². The van der Waals surface area contributed by atoms with Crippen molar-refractivity contribution >= 4 is 9.84 Å². The SMILES string of the molecule is CCCC(O)C(C)S(C)(=O)=O. The fourth-order valence-electron chi connectivity index (χ4n) is 0.816. The van der Waals surface area contributed by atoms with Gasteiger partial charge in [-0.2, -0.15) is 0 Å². The van der Waals surface area contributed by atoms with Crippen molar-refractivity contribution < 1.29 is 13.5 Å². The van der Waals surface area contributed by atoms with Gasteiger partial charge in [0.2, 0.25) is 0 Å². The molecule has 0 aromatic heterocycles. The van der Waals surface area contributed by atoms with Crippen LogP contribution in [-0.2, 0) is 9.84 Å². The van der Waals surface area contributed by atoms with Crippen molar-refractivity contribution in [2.75, 3.05) is 6.26 Å². The van der Waals surface area contributed by atoms with Crippen molar-refractivity contribution in [3.05, 3.63) is 0 Å². The van der Waals surface area contributed by atoms with E-state index in [4.69, 9.17) is 0 Å². The smallest absolute Gasteiger partial charge is 0.152 e. The Labute approximate surface area is 68.3 Å². The van der Waals surface area contributed by atoms with Gasteiger partial charge < -0.3 is 5.11 Å². The summed E-state index contributed by atoms with van der Waals surface area (Å²) in [5.41, 5.74) is 0. The van der Waals surface area contributed by atoms with Crippen LogP contribution >= 0.6 is 0 Å². The summed E-state index contributed by atoms with van der Waals surface area (Å²) in [7, 11) is -3.07. The number of sulfone groups is 1. The second-order valence-electron chi connectivity index (χ2n) is 2.89. The number of aliphatic hydroxyl groups is 1. The highest BCUT2D eigenvalue weighted by atomic mass is 32.2. The molecule has 0 saturated carbocycles. The molecule has 0 spiro atoms. The minimum atomic E-state index is -3.07. The predicted molar refractivity (Wildman–Crippen MR) is 45.2 cm³/mol. The van der Waals surface area contributed by atoms with Gasteiger partial charge in [0.1, 0.15) is 0 Å². The van der Waals surface area contributed by atoms with Crippen molar-refractivity contribution in [2.45, 2.75) is 38.0 Å². The number of hydrogen-bond acceptors (Lipinski definition) is 3. The summed E-state index contributed by atoms with van der Waals surface area (Å²) in [6.45, 7) is 3.45. The van der Waals surface area contributed by atoms with Crippen molar-refractivity contribution in [1.29, 1.82) is 0 Å². The lowest BCUT2D eigenvalue weighted by molar-refractivity contribution is 0.162. The molecule has 2 atom stereocenters. The molecule has 68 valence electrons. The largest absolute Gasteiger partial charge is 0.392 e. The zero-order chi connectivity index (χ0) is 9.07. The predicted octanol–water partition coefficient (Wildman–Crippen LogP) is 0.581. The van der Waals surface area contributed by atoms with E-state index in [1.165, 1.54) is 6.92 Å². The summed E-state index contributed by atoms with van der Waals surface area (Å²) in [6, 6.07) is 0. The second kappa shape index (κ2) is 4.07. The lowest BCUT2D eigenvalue weighted by atomic mass is 10.2. The topological polar surface area (TPSA) is 54.4 Å². The van der Waals surface area contributed by atoms with Crippen LogP contribution in [0.25, 0.3) is 0 Å². The Morgan fingerprint density at radius 3 is 2.18 bits per heavy atom. The maximum absolute atomic E-state index is 10.9. The van der Waals surface area contributed by atoms with Gasteiger partial charge in [0.05, 0.1) is 11.4 Å². The van der Waals surface area contributed by atoms with Gasteiger partial charge in [0.15, 0.2) is 9.84 Å². The van der Waals surface area contributed by atoms with E-state index in [9.17, 15) is 13.5 Å². The standard InChI is InChI=1S/C7H16O3S/c1-4-5-7(8)6(2)11(3,9)10/h6-8H,4-5H2,1-3H3. The Kier molecular flexibility index (Phi) is 4.03. The van der Waals surface area contributed by atoms with Crippen LogP contribution in [0.15, 0.2) is 0 Å². The van der Waals surface area contributed by atoms with Crippen molar-refractivity contribution in [3.8, 4) is 0 Å². The zero-order valence-electron chi connectivity index (χ0n) is 7.24. The number of aliphatic hydroxyl groups excluding tert-OH is 1. The van der Waals surface area contributed by atoms with E-state index in [1.54, 1.807) is 0 Å². The maximum Gasteiger partial charge on any atom is 0.152 e. The molecule has 4 heteroatoms. The van der Waals surface area contributed by atoms with Gasteiger partial charge in [-0.1, -0.05) is 13.3 Å². The molecule has 0 aromatic carbocycles. The molecule has 0 aliphatic heterocycles. The molecule has 0 radical (unpaired) electrons. The fourth-order valence-corrected chi connectivity index (χ4v) is 1.52. The lowest BCUT2D eigenvalue weighted by Gasteiger charge is -2.15. The average molecular weight is 180 g/mol. The summed E-state index contributed by atoms with van der Waals surface area (Å²) < 4.78 is 21.8. The van der Waals surface area contributed by atoms with Gasteiger partial charge in [0.25, 0.3) is 0 Å². The third kappa shape index (κ3) is 3.72. The first-order valence-corrected chi connectivity index (χ1v) is 5.72. The lowest BCUT2D eigenvalue weighted by Crippen LogP contribution is -2.30. The van der Waals surface area contributed by atoms with Gasteiger partial charge in [-0.3, -0.25) is 0 Å². The van der Waals surface area contributed by atoms with Crippen LogP contribution in [0.4, 0.5) is 0 Å². The Morgan fingerprint density at radius 1 is 1.45 bits per heavy atom. The Hall–Kier alpha value is -0.0900. The number of rotatable bonds is 4. The molecule has 0 bridgehead atoms. The van der Waals surface area contributed by atoms with E-state index >= 15 is 0 Å². The molecular formula is C7H16O3S. The molecule has 0 heterocycles. The van der Waals surface area contributed by atoms with Crippen LogP contribution in [0.3, 0.4) is 0 Å². The summed E-state index contributed by atoms with van der Waals surface area (Å²) in [5.74, 6) is 0. The molecule has 0 aliphatic carbocycles.